The second-order valence-corrected chi connectivity index (χ2v) is 7.51. The Balaban J connectivity index is 1.60. The lowest BCUT2D eigenvalue weighted by Crippen LogP contribution is -2.28. The summed E-state index contributed by atoms with van der Waals surface area (Å²) in [7, 11) is 0. The third kappa shape index (κ3) is 3.23. The lowest BCUT2D eigenvalue weighted by atomic mass is 10.1. The predicted octanol–water partition coefficient (Wildman–Crippen LogP) is 2.88. The summed E-state index contributed by atoms with van der Waals surface area (Å²) in [6, 6.07) is 12.5. The van der Waals surface area contributed by atoms with Crippen LogP contribution < -0.4 is 14.8 Å². The van der Waals surface area contributed by atoms with Crippen LogP contribution in [0.5, 0.6) is 11.5 Å². The topological polar surface area (TPSA) is 51.0 Å². The van der Waals surface area contributed by atoms with E-state index in [4.69, 9.17) is 14.5 Å². The minimum absolute atomic E-state index is 0.592. The van der Waals surface area contributed by atoms with Crippen LogP contribution >= 0.6 is 0 Å². The van der Waals surface area contributed by atoms with Gasteiger partial charge in [-0.1, -0.05) is 6.07 Å². The molecule has 0 spiro atoms. The molecule has 6 nitrogen and oxygen atoms in total. The molecule has 1 saturated heterocycles. The molecule has 0 atom stereocenters. The Labute approximate surface area is 165 Å². The van der Waals surface area contributed by atoms with Crippen molar-refractivity contribution in [1.29, 1.82) is 0 Å². The van der Waals surface area contributed by atoms with Gasteiger partial charge in [0.25, 0.3) is 0 Å². The number of hydrogen-bond acceptors (Lipinski definition) is 5. The van der Waals surface area contributed by atoms with Gasteiger partial charge >= 0.3 is 0 Å². The van der Waals surface area contributed by atoms with Gasteiger partial charge < -0.3 is 14.8 Å². The van der Waals surface area contributed by atoms with Crippen LogP contribution in [0.4, 0.5) is 0 Å². The van der Waals surface area contributed by atoms with Gasteiger partial charge in [-0.25, -0.2) is 4.98 Å². The molecule has 6 heteroatoms. The summed E-state index contributed by atoms with van der Waals surface area (Å²) in [6.45, 7) is 8.52. The number of benzene rings is 1. The minimum atomic E-state index is 0.592. The number of ether oxygens (including phenoxy) is 2. The lowest BCUT2D eigenvalue weighted by molar-refractivity contribution is 0.171. The molecule has 1 aromatic carbocycles. The van der Waals surface area contributed by atoms with Gasteiger partial charge in [0.15, 0.2) is 11.5 Å². The van der Waals surface area contributed by atoms with Crippen molar-refractivity contribution in [3.63, 3.8) is 0 Å². The van der Waals surface area contributed by atoms with Crippen molar-refractivity contribution in [3.05, 3.63) is 47.8 Å². The molecule has 0 amide bonds. The summed E-state index contributed by atoms with van der Waals surface area (Å²) in [5, 5.41) is 3.49. The SMILES string of the molecule is Cc1cccc2nc(-c3ccc4c(c3)OCCO4)c(CN3CCCNCC3)n12. The zero-order valence-electron chi connectivity index (χ0n) is 16.3. The van der Waals surface area contributed by atoms with Crippen LogP contribution in [0, 0.1) is 6.92 Å². The van der Waals surface area contributed by atoms with E-state index in [1.54, 1.807) is 0 Å². The van der Waals surface area contributed by atoms with Gasteiger partial charge in [-0.2, -0.15) is 0 Å². The molecule has 146 valence electrons. The monoisotopic (exact) mass is 378 g/mol. The van der Waals surface area contributed by atoms with E-state index >= 15 is 0 Å². The smallest absolute Gasteiger partial charge is 0.162 e. The zero-order chi connectivity index (χ0) is 18.9. The van der Waals surface area contributed by atoms with E-state index in [1.165, 1.54) is 17.8 Å². The number of rotatable bonds is 3. The minimum Gasteiger partial charge on any atom is -0.486 e. The standard InChI is InChI=1S/C22H26N4O2/c1-16-4-2-5-21-24-22(17-6-7-19-20(14-17)28-13-12-27-19)18(26(16)21)15-25-10-3-8-23-9-11-25/h2,4-7,14,23H,3,8-13,15H2,1H3. The Morgan fingerprint density at radius 3 is 2.86 bits per heavy atom. The van der Waals surface area contributed by atoms with Crippen molar-refractivity contribution in [3.8, 4) is 22.8 Å². The first kappa shape index (κ1) is 17.5. The predicted molar refractivity (Wildman–Crippen MR) is 109 cm³/mol. The molecule has 2 aliphatic rings. The number of aromatic nitrogens is 2. The molecule has 3 aromatic rings. The quantitative estimate of drug-likeness (QED) is 0.760. The molecule has 1 N–H and O–H groups in total. The van der Waals surface area contributed by atoms with E-state index < -0.39 is 0 Å². The van der Waals surface area contributed by atoms with Crippen molar-refractivity contribution in [2.45, 2.75) is 19.9 Å². The number of aryl methyl sites for hydroxylation is 1. The second kappa shape index (κ2) is 7.45. The molecule has 0 radical (unpaired) electrons. The van der Waals surface area contributed by atoms with E-state index in [-0.39, 0.29) is 0 Å². The summed E-state index contributed by atoms with van der Waals surface area (Å²) in [4.78, 5) is 7.53. The Morgan fingerprint density at radius 1 is 1.04 bits per heavy atom. The Kier molecular flexibility index (Phi) is 4.66. The van der Waals surface area contributed by atoms with Crippen LogP contribution in [-0.4, -0.2) is 53.7 Å². The summed E-state index contributed by atoms with van der Waals surface area (Å²) >= 11 is 0. The van der Waals surface area contributed by atoms with Crippen LogP contribution in [0.1, 0.15) is 17.8 Å². The van der Waals surface area contributed by atoms with Gasteiger partial charge in [-0.3, -0.25) is 9.30 Å². The van der Waals surface area contributed by atoms with Crippen molar-refractivity contribution in [2.75, 3.05) is 39.4 Å². The fourth-order valence-corrected chi connectivity index (χ4v) is 4.17. The Morgan fingerprint density at radius 2 is 1.93 bits per heavy atom. The third-order valence-electron chi connectivity index (χ3n) is 5.56. The highest BCUT2D eigenvalue weighted by molar-refractivity contribution is 5.70. The molecule has 5 rings (SSSR count). The second-order valence-electron chi connectivity index (χ2n) is 7.51. The van der Waals surface area contributed by atoms with Gasteiger partial charge in [0, 0.05) is 30.9 Å². The zero-order valence-corrected chi connectivity index (χ0v) is 16.3. The molecule has 0 aliphatic carbocycles. The molecule has 2 aromatic heterocycles. The highest BCUT2D eigenvalue weighted by Crippen LogP contribution is 2.36. The molecule has 2 aliphatic heterocycles. The normalized spacial score (nSPS) is 17.6. The summed E-state index contributed by atoms with van der Waals surface area (Å²) in [6.07, 6.45) is 1.18. The van der Waals surface area contributed by atoms with E-state index in [1.807, 2.05) is 6.07 Å². The van der Waals surface area contributed by atoms with Crippen LogP contribution in [0.3, 0.4) is 0 Å². The van der Waals surface area contributed by atoms with E-state index in [9.17, 15) is 0 Å². The first-order chi connectivity index (χ1) is 13.8. The van der Waals surface area contributed by atoms with Gasteiger partial charge in [0.2, 0.25) is 0 Å². The van der Waals surface area contributed by atoms with Crippen LogP contribution in [0.15, 0.2) is 36.4 Å². The van der Waals surface area contributed by atoms with Gasteiger partial charge in [0.1, 0.15) is 18.9 Å². The number of hydrogen-bond donors (Lipinski definition) is 1. The molecule has 28 heavy (non-hydrogen) atoms. The molecule has 0 bridgehead atoms. The first-order valence-electron chi connectivity index (χ1n) is 10.1. The highest BCUT2D eigenvalue weighted by atomic mass is 16.6. The maximum absolute atomic E-state index is 5.81. The van der Waals surface area contributed by atoms with Crippen molar-refractivity contribution >= 4 is 5.65 Å². The average molecular weight is 378 g/mol. The molecule has 4 heterocycles. The molecular weight excluding hydrogens is 352 g/mol. The fourth-order valence-electron chi connectivity index (χ4n) is 4.17. The summed E-state index contributed by atoms with van der Waals surface area (Å²) < 4.78 is 13.8. The number of nitrogens with zero attached hydrogens (tertiary/aromatic N) is 3. The van der Waals surface area contributed by atoms with Crippen molar-refractivity contribution in [1.82, 2.24) is 19.6 Å². The maximum Gasteiger partial charge on any atom is 0.162 e. The van der Waals surface area contributed by atoms with Crippen molar-refractivity contribution < 1.29 is 9.47 Å². The van der Waals surface area contributed by atoms with Gasteiger partial charge in [-0.05, 0) is 56.8 Å². The molecular formula is C22H26N4O2. The maximum atomic E-state index is 5.81. The van der Waals surface area contributed by atoms with Gasteiger partial charge in [0.05, 0.1) is 11.4 Å². The Bertz CT molecular complexity index is 990. The Hall–Kier alpha value is -2.57. The van der Waals surface area contributed by atoms with Crippen LogP contribution in [-0.2, 0) is 6.54 Å². The molecule has 0 unspecified atom stereocenters. The number of nitrogens with one attached hydrogen (secondary N) is 1. The first-order valence-corrected chi connectivity index (χ1v) is 10.1. The van der Waals surface area contributed by atoms with Crippen molar-refractivity contribution in [2.24, 2.45) is 0 Å². The average Bonchev–Trinajstić information content (AvgIpc) is 2.90. The largest absolute Gasteiger partial charge is 0.486 e. The lowest BCUT2D eigenvalue weighted by Gasteiger charge is -2.21. The number of fused-ring (bicyclic) bond motifs is 2. The van der Waals surface area contributed by atoms with E-state index in [0.717, 1.165) is 61.1 Å². The van der Waals surface area contributed by atoms with Gasteiger partial charge in [-0.15, -0.1) is 0 Å². The third-order valence-corrected chi connectivity index (χ3v) is 5.56. The summed E-state index contributed by atoms with van der Waals surface area (Å²) in [5.74, 6) is 1.62. The van der Waals surface area contributed by atoms with Crippen LogP contribution in [0.25, 0.3) is 16.9 Å². The van der Waals surface area contributed by atoms with E-state index in [2.05, 4.69) is 51.9 Å². The van der Waals surface area contributed by atoms with Crippen LogP contribution in [0.2, 0.25) is 0 Å². The highest BCUT2D eigenvalue weighted by Gasteiger charge is 2.21. The number of imidazole rings is 1. The molecule has 0 saturated carbocycles. The molecule has 1 fully saturated rings. The van der Waals surface area contributed by atoms with E-state index in [0.29, 0.717) is 13.2 Å². The summed E-state index contributed by atoms with van der Waals surface area (Å²) in [5.41, 5.74) is 5.55. The number of pyridine rings is 1. The fraction of sp³-hybridized carbons (Fsp3) is 0.409.